The number of benzene rings is 2. The maximum absolute atomic E-state index is 13.4. The van der Waals surface area contributed by atoms with Gasteiger partial charge in [-0.1, -0.05) is 35.2 Å². The number of anilines is 1. The Balaban J connectivity index is 1.65. The van der Waals surface area contributed by atoms with Crippen LogP contribution in [0.15, 0.2) is 46.9 Å². The van der Waals surface area contributed by atoms with Gasteiger partial charge in [0.15, 0.2) is 0 Å². The highest BCUT2D eigenvalue weighted by Gasteiger charge is 2.26. The van der Waals surface area contributed by atoms with Crippen LogP contribution in [0, 0.1) is 0 Å². The van der Waals surface area contributed by atoms with E-state index in [9.17, 15) is 14.4 Å². The van der Waals surface area contributed by atoms with E-state index in [1.54, 1.807) is 41.0 Å². The van der Waals surface area contributed by atoms with E-state index in [0.717, 1.165) is 35.7 Å². The second-order valence-electron chi connectivity index (χ2n) is 8.85. The Kier molecular flexibility index (Phi) is 7.85. The van der Waals surface area contributed by atoms with Crippen LogP contribution in [0.1, 0.15) is 66.2 Å². The molecule has 35 heavy (non-hydrogen) atoms. The summed E-state index contributed by atoms with van der Waals surface area (Å²) in [5, 5.41) is 2.84. The average Bonchev–Trinajstić information content (AvgIpc) is 3.20. The Labute approximate surface area is 213 Å². The van der Waals surface area contributed by atoms with E-state index in [2.05, 4.69) is 26.2 Å². The lowest BCUT2D eigenvalue weighted by Crippen LogP contribution is -2.41. The van der Waals surface area contributed by atoms with Gasteiger partial charge in [-0.15, -0.1) is 0 Å². The summed E-state index contributed by atoms with van der Waals surface area (Å²) in [6, 6.07) is 12.6. The van der Waals surface area contributed by atoms with E-state index in [1.807, 2.05) is 17.9 Å². The lowest BCUT2D eigenvalue weighted by Gasteiger charge is -2.33. The molecule has 0 aliphatic heterocycles. The largest absolute Gasteiger partial charge is 0.370 e. The molecular weight excluding hydrogens is 510 g/mol. The number of carbonyl (C=O) groups excluding carboxylic acids is 3. The fraction of sp³-hybridized carbons (Fsp3) is 0.385. The number of aromatic nitrogens is 2. The minimum Gasteiger partial charge on any atom is -0.370 e. The van der Waals surface area contributed by atoms with Crippen LogP contribution >= 0.6 is 15.9 Å². The molecule has 0 bridgehead atoms. The molecule has 9 heteroatoms. The average molecular weight is 540 g/mol. The lowest BCUT2D eigenvalue weighted by molar-refractivity contribution is -0.118. The standard InChI is InChI=1S/C26H30BrN5O3/c1-2-31(20-6-4-3-5-7-20)25(35)18-10-13-22-21(16-18)29-26(32(22)15-14-23(28)33)30-24(34)17-8-11-19(27)12-9-17/h8-13,16,20H,2-7,14-15H2,1H3,(H2,28,33)(H,29,30,34). The van der Waals surface area contributed by atoms with Gasteiger partial charge in [0, 0.05) is 41.2 Å². The number of hydrogen-bond acceptors (Lipinski definition) is 4. The number of nitrogens with zero attached hydrogens (tertiary/aromatic N) is 3. The summed E-state index contributed by atoms with van der Waals surface area (Å²) < 4.78 is 2.62. The molecule has 8 nitrogen and oxygen atoms in total. The second-order valence-corrected chi connectivity index (χ2v) is 9.77. The molecule has 3 N–H and O–H groups in total. The summed E-state index contributed by atoms with van der Waals surface area (Å²) in [5.74, 6) is -0.472. The minimum atomic E-state index is -0.449. The topological polar surface area (TPSA) is 110 Å². The number of halogens is 1. The molecule has 0 radical (unpaired) electrons. The fourth-order valence-electron chi connectivity index (χ4n) is 4.71. The van der Waals surface area contributed by atoms with Crippen LogP contribution in [0.25, 0.3) is 11.0 Å². The summed E-state index contributed by atoms with van der Waals surface area (Å²) in [6.07, 6.45) is 5.70. The van der Waals surface area contributed by atoms with Crippen LogP contribution in [0.3, 0.4) is 0 Å². The molecule has 1 heterocycles. The molecule has 0 saturated heterocycles. The predicted molar refractivity (Wildman–Crippen MR) is 139 cm³/mol. The van der Waals surface area contributed by atoms with Crippen molar-refractivity contribution in [1.29, 1.82) is 0 Å². The van der Waals surface area contributed by atoms with Gasteiger partial charge < -0.3 is 15.2 Å². The lowest BCUT2D eigenvalue weighted by atomic mass is 9.93. The Hall–Kier alpha value is -3.20. The van der Waals surface area contributed by atoms with Crippen molar-refractivity contribution in [2.24, 2.45) is 5.73 Å². The summed E-state index contributed by atoms with van der Waals surface area (Å²) in [6.45, 7) is 2.93. The number of amides is 3. The molecule has 1 aliphatic carbocycles. The number of fused-ring (bicyclic) bond motifs is 1. The predicted octanol–water partition coefficient (Wildman–Crippen LogP) is 4.72. The Morgan fingerprint density at radius 2 is 1.77 bits per heavy atom. The fourth-order valence-corrected chi connectivity index (χ4v) is 4.97. The highest BCUT2D eigenvalue weighted by atomic mass is 79.9. The SMILES string of the molecule is CCN(C(=O)c1ccc2c(c1)nc(NC(=O)c1ccc(Br)cc1)n2CCC(N)=O)C1CCCCC1. The first-order chi connectivity index (χ1) is 16.9. The summed E-state index contributed by atoms with van der Waals surface area (Å²) in [5.41, 5.74) is 7.71. The van der Waals surface area contributed by atoms with Gasteiger partial charge in [0.1, 0.15) is 0 Å². The number of rotatable bonds is 8. The van der Waals surface area contributed by atoms with Crippen molar-refractivity contribution in [3.8, 4) is 0 Å². The zero-order valence-electron chi connectivity index (χ0n) is 19.8. The van der Waals surface area contributed by atoms with Crippen molar-refractivity contribution in [3.63, 3.8) is 0 Å². The molecule has 0 unspecified atom stereocenters. The van der Waals surface area contributed by atoms with Crippen LogP contribution in [-0.4, -0.2) is 44.8 Å². The highest BCUT2D eigenvalue weighted by Crippen LogP contribution is 2.26. The maximum atomic E-state index is 13.4. The molecule has 3 aromatic rings. The summed E-state index contributed by atoms with van der Waals surface area (Å²) >= 11 is 3.37. The van der Waals surface area contributed by atoms with Gasteiger partial charge in [0.25, 0.3) is 11.8 Å². The van der Waals surface area contributed by atoms with E-state index in [0.29, 0.717) is 29.1 Å². The third kappa shape index (κ3) is 5.73. The smallest absolute Gasteiger partial charge is 0.257 e. The van der Waals surface area contributed by atoms with E-state index in [4.69, 9.17) is 5.73 Å². The number of hydrogen-bond donors (Lipinski definition) is 2. The molecule has 3 amide bonds. The Morgan fingerprint density at radius 1 is 1.09 bits per heavy atom. The Bertz CT molecular complexity index is 1230. The molecule has 184 valence electrons. The third-order valence-corrected chi connectivity index (χ3v) is 7.05. The number of aryl methyl sites for hydroxylation is 1. The van der Waals surface area contributed by atoms with Gasteiger partial charge in [-0.2, -0.15) is 0 Å². The van der Waals surface area contributed by atoms with Crippen molar-refractivity contribution >= 4 is 50.6 Å². The molecule has 4 rings (SSSR count). The number of nitrogens with one attached hydrogen (secondary N) is 1. The monoisotopic (exact) mass is 539 g/mol. The second kappa shape index (κ2) is 11.0. The molecule has 1 saturated carbocycles. The van der Waals surface area contributed by atoms with E-state index >= 15 is 0 Å². The van der Waals surface area contributed by atoms with Gasteiger partial charge in [-0.3, -0.25) is 19.7 Å². The molecule has 2 aromatic carbocycles. The third-order valence-electron chi connectivity index (χ3n) is 6.53. The first-order valence-electron chi connectivity index (χ1n) is 12.0. The van der Waals surface area contributed by atoms with Crippen LogP contribution in [0.4, 0.5) is 5.95 Å². The van der Waals surface area contributed by atoms with Crippen LogP contribution in [0.2, 0.25) is 0 Å². The van der Waals surface area contributed by atoms with Gasteiger partial charge in [0.2, 0.25) is 11.9 Å². The maximum Gasteiger partial charge on any atom is 0.257 e. The highest BCUT2D eigenvalue weighted by molar-refractivity contribution is 9.10. The number of carbonyl (C=O) groups is 3. The van der Waals surface area contributed by atoms with Crippen LogP contribution in [-0.2, 0) is 11.3 Å². The molecule has 1 aliphatic rings. The van der Waals surface area contributed by atoms with E-state index in [1.165, 1.54) is 6.42 Å². The summed E-state index contributed by atoms with van der Waals surface area (Å²) in [4.78, 5) is 44.2. The van der Waals surface area contributed by atoms with Crippen molar-refractivity contribution in [1.82, 2.24) is 14.5 Å². The number of imidazole rings is 1. The zero-order valence-corrected chi connectivity index (χ0v) is 21.4. The van der Waals surface area contributed by atoms with Crippen molar-refractivity contribution < 1.29 is 14.4 Å². The number of nitrogens with two attached hydrogens (primary N) is 1. The van der Waals surface area contributed by atoms with Gasteiger partial charge in [0.05, 0.1) is 11.0 Å². The van der Waals surface area contributed by atoms with Crippen LogP contribution < -0.4 is 11.1 Å². The van der Waals surface area contributed by atoms with Crippen molar-refractivity contribution in [2.75, 3.05) is 11.9 Å². The minimum absolute atomic E-state index is 0.00608. The van der Waals surface area contributed by atoms with Crippen molar-refractivity contribution in [2.45, 2.75) is 58.0 Å². The molecule has 0 spiro atoms. The van der Waals surface area contributed by atoms with E-state index < -0.39 is 5.91 Å². The first-order valence-corrected chi connectivity index (χ1v) is 12.8. The normalized spacial score (nSPS) is 14.1. The zero-order chi connectivity index (χ0) is 24.9. The summed E-state index contributed by atoms with van der Waals surface area (Å²) in [7, 11) is 0. The molecular formula is C26H30BrN5O3. The molecule has 0 atom stereocenters. The number of primary amides is 1. The van der Waals surface area contributed by atoms with Gasteiger partial charge in [-0.25, -0.2) is 4.98 Å². The van der Waals surface area contributed by atoms with Gasteiger partial charge >= 0.3 is 0 Å². The van der Waals surface area contributed by atoms with Crippen LogP contribution in [0.5, 0.6) is 0 Å². The Morgan fingerprint density at radius 3 is 2.43 bits per heavy atom. The first kappa shape index (κ1) is 24.9. The molecule has 1 aromatic heterocycles. The van der Waals surface area contributed by atoms with Gasteiger partial charge in [-0.05, 0) is 62.2 Å². The molecule has 1 fully saturated rings. The van der Waals surface area contributed by atoms with E-state index in [-0.39, 0.29) is 30.8 Å². The van der Waals surface area contributed by atoms with Crippen molar-refractivity contribution in [3.05, 3.63) is 58.1 Å². The quantitative estimate of drug-likeness (QED) is 0.431.